The molecule has 1 saturated heterocycles. The van der Waals surface area contributed by atoms with Crippen LogP contribution in [0.4, 0.5) is 31.1 Å². The maximum atomic E-state index is 14.9. The van der Waals surface area contributed by atoms with Gasteiger partial charge in [0.2, 0.25) is 0 Å². The Labute approximate surface area is 231 Å². The Kier molecular flexibility index (Phi) is 7.97. The van der Waals surface area contributed by atoms with Gasteiger partial charge in [0.15, 0.2) is 11.6 Å². The number of methoxy groups -OCH3 is 1. The van der Waals surface area contributed by atoms with Gasteiger partial charge in [-0.3, -0.25) is 0 Å². The van der Waals surface area contributed by atoms with Gasteiger partial charge in [-0.2, -0.15) is 13.2 Å². The van der Waals surface area contributed by atoms with E-state index in [0.717, 1.165) is 37.1 Å². The summed E-state index contributed by atoms with van der Waals surface area (Å²) in [4.78, 5) is 26.4. The lowest BCUT2D eigenvalue weighted by atomic mass is 9.77. The summed E-state index contributed by atoms with van der Waals surface area (Å²) < 4.78 is 90.8. The molecule has 3 atom stereocenters. The molecule has 0 aromatic heterocycles. The van der Waals surface area contributed by atoms with E-state index in [9.17, 15) is 41.0 Å². The minimum Gasteiger partial charge on any atom is -0.494 e. The molecule has 2 N–H and O–H groups in total. The summed E-state index contributed by atoms with van der Waals surface area (Å²) in [5.74, 6) is -3.88. The third kappa shape index (κ3) is 6.26. The number of carboxylic acids is 1. The number of amides is 2. The average Bonchev–Trinajstić information content (AvgIpc) is 3.24. The van der Waals surface area contributed by atoms with Gasteiger partial charge in [-0.1, -0.05) is 36.4 Å². The lowest BCUT2D eigenvalue weighted by Crippen LogP contribution is -2.55. The van der Waals surface area contributed by atoms with Crippen LogP contribution in [-0.2, 0) is 22.9 Å². The number of likely N-dealkylation sites (tertiary alicyclic amines) is 1. The van der Waals surface area contributed by atoms with E-state index in [2.05, 4.69) is 5.32 Å². The fourth-order valence-electron chi connectivity index (χ4n) is 5.12. The molecule has 1 aliphatic heterocycles. The molecular formula is C29H26F6N2O4. The van der Waals surface area contributed by atoms with Crippen molar-refractivity contribution in [2.45, 2.75) is 43.2 Å². The number of carbonyl (C=O) groups excluding carboxylic acids is 1. The summed E-state index contributed by atoms with van der Waals surface area (Å²) in [5, 5.41) is 12.3. The van der Waals surface area contributed by atoms with Crippen LogP contribution in [-0.4, -0.2) is 47.4 Å². The highest BCUT2D eigenvalue weighted by Gasteiger charge is 2.49. The number of nitrogens with zero attached hydrogens (tertiary/aromatic N) is 1. The SMILES string of the molecule is COc1cc([C@@](Cc2ccccc2)(NC(=O)N2C[C@](C)(F)C[C@H]2C(=O)O)c2cc(F)cc(C(F)(F)F)c2)ccc1F. The Morgan fingerprint density at radius 3 is 2.29 bits per heavy atom. The molecule has 1 fully saturated rings. The largest absolute Gasteiger partial charge is 0.494 e. The fourth-order valence-corrected chi connectivity index (χ4v) is 5.12. The minimum atomic E-state index is -4.97. The molecule has 3 aromatic carbocycles. The molecule has 41 heavy (non-hydrogen) atoms. The number of alkyl halides is 4. The molecule has 0 saturated carbocycles. The first-order valence-corrected chi connectivity index (χ1v) is 12.4. The van der Waals surface area contributed by atoms with Gasteiger partial charge in [-0.15, -0.1) is 0 Å². The van der Waals surface area contributed by atoms with E-state index in [-0.39, 0.29) is 23.3 Å². The van der Waals surface area contributed by atoms with Crippen LogP contribution in [0.1, 0.15) is 35.6 Å². The topological polar surface area (TPSA) is 78.9 Å². The number of ether oxygens (including phenoxy) is 1. The fraction of sp³-hybridized carbons (Fsp3) is 0.310. The smallest absolute Gasteiger partial charge is 0.416 e. The molecule has 0 radical (unpaired) electrons. The molecule has 3 aromatic rings. The molecule has 6 nitrogen and oxygen atoms in total. The summed E-state index contributed by atoms with van der Waals surface area (Å²) in [6.45, 7) is 0.501. The number of rotatable bonds is 7. The molecule has 0 spiro atoms. The number of benzene rings is 3. The average molecular weight is 581 g/mol. The molecule has 0 bridgehead atoms. The third-order valence-corrected chi connectivity index (χ3v) is 7.04. The van der Waals surface area contributed by atoms with Gasteiger partial charge in [0, 0.05) is 12.8 Å². The molecule has 0 unspecified atom stereocenters. The molecule has 218 valence electrons. The van der Waals surface area contributed by atoms with Crippen LogP contribution in [0.25, 0.3) is 0 Å². The van der Waals surface area contributed by atoms with Crippen LogP contribution in [0.5, 0.6) is 5.75 Å². The molecule has 2 amide bonds. The Balaban J connectivity index is 1.99. The van der Waals surface area contributed by atoms with Gasteiger partial charge in [-0.05, 0) is 53.9 Å². The van der Waals surface area contributed by atoms with Crippen molar-refractivity contribution in [2.75, 3.05) is 13.7 Å². The zero-order valence-corrected chi connectivity index (χ0v) is 21.9. The van der Waals surface area contributed by atoms with Gasteiger partial charge in [0.05, 0.1) is 24.8 Å². The van der Waals surface area contributed by atoms with Gasteiger partial charge >= 0.3 is 18.2 Å². The number of hydrogen-bond donors (Lipinski definition) is 2. The van der Waals surface area contributed by atoms with E-state index < -0.39 is 65.6 Å². The highest BCUT2D eigenvalue weighted by Crippen LogP contribution is 2.40. The number of hydrogen-bond acceptors (Lipinski definition) is 3. The van der Waals surface area contributed by atoms with Crippen molar-refractivity contribution in [3.63, 3.8) is 0 Å². The van der Waals surface area contributed by atoms with Crippen LogP contribution in [0, 0.1) is 11.6 Å². The lowest BCUT2D eigenvalue weighted by molar-refractivity contribution is -0.141. The van der Waals surface area contributed by atoms with E-state index in [4.69, 9.17) is 4.74 Å². The van der Waals surface area contributed by atoms with E-state index in [1.54, 1.807) is 30.3 Å². The number of urea groups is 1. The molecule has 4 rings (SSSR count). The van der Waals surface area contributed by atoms with Crippen molar-refractivity contribution in [1.82, 2.24) is 10.2 Å². The Morgan fingerprint density at radius 2 is 1.68 bits per heavy atom. The second-order valence-electron chi connectivity index (χ2n) is 10.2. The monoisotopic (exact) mass is 580 g/mol. The number of nitrogens with one attached hydrogen (secondary N) is 1. The maximum Gasteiger partial charge on any atom is 0.416 e. The first-order chi connectivity index (χ1) is 19.1. The van der Waals surface area contributed by atoms with E-state index in [1.165, 1.54) is 6.07 Å². The number of carboxylic acid groups (broad SMARTS) is 1. The molecule has 12 heteroatoms. The summed E-state index contributed by atoms with van der Waals surface area (Å²) in [5.41, 5.74) is -5.36. The van der Waals surface area contributed by atoms with Crippen LogP contribution >= 0.6 is 0 Å². The quantitative estimate of drug-likeness (QED) is 0.333. The first kappa shape index (κ1) is 29.8. The van der Waals surface area contributed by atoms with Crippen molar-refractivity contribution in [1.29, 1.82) is 0 Å². The first-order valence-electron chi connectivity index (χ1n) is 12.4. The summed E-state index contributed by atoms with van der Waals surface area (Å²) >= 11 is 0. The van der Waals surface area contributed by atoms with Crippen LogP contribution in [0.3, 0.4) is 0 Å². The molecular weight excluding hydrogens is 554 g/mol. The second-order valence-corrected chi connectivity index (χ2v) is 10.2. The summed E-state index contributed by atoms with van der Waals surface area (Å²) in [6.07, 6.45) is -5.78. The second kappa shape index (κ2) is 11.0. The van der Waals surface area contributed by atoms with Gasteiger partial charge < -0.3 is 20.1 Å². The molecule has 0 aliphatic carbocycles. The van der Waals surface area contributed by atoms with Crippen molar-refractivity contribution < 1.29 is 45.8 Å². The predicted octanol–water partition coefficient (Wildman–Crippen LogP) is 6.08. The number of aliphatic carboxylic acids is 1. The van der Waals surface area contributed by atoms with E-state index in [1.807, 2.05) is 0 Å². The van der Waals surface area contributed by atoms with Gasteiger partial charge in [0.25, 0.3) is 0 Å². The third-order valence-electron chi connectivity index (χ3n) is 7.04. The Morgan fingerprint density at radius 1 is 1.02 bits per heavy atom. The zero-order chi connectivity index (χ0) is 30.2. The summed E-state index contributed by atoms with van der Waals surface area (Å²) in [7, 11) is 1.16. The van der Waals surface area contributed by atoms with E-state index >= 15 is 0 Å². The lowest BCUT2D eigenvalue weighted by Gasteiger charge is -2.39. The highest BCUT2D eigenvalue weighted by molar-refractivity contribution is 5.84. The number of halogens is 6. The molecule has 1 aliphatic rings. The van der Waals surface area contributed by atoms with E-state index in [0.29, 0.717) is 17.7 Å². The summed E-state index contributed by atoms with van der Waals surface area (Å²) in [6, 6.07) is 10.5. The number of carbonyl (C=O) groups is 2. The van der Waals surface area contributed by atoms with Crippen molar-refractivity contribution in [3.8, 4) is 5.75 Å². The maximum absolute atomic E-state index is 14.9. The highest BCUT2D eigenvalue weighted by atomic mass is 19.4. The van der Waals surface area contributed by atoms with Crippen LogP contribution in [0.15, 0.2) is 66.7 Å². The van der Waals surface area contributed by atoms with Crippen molar-refractivity contribution in [2.24, 2.45) is 0 Å². The predicted molar refractivity (Wildman–Crippen MR) is 136 cm³/mol. The molecule has 1 heterocycles. The van der Waals surface area contributed by atoms with Crippen molar-refractivity contribution >= 4 is 12.0 Å². The van der Waals surface area contributed by atoms with Gasteiger partial charge in [-0.25, -0.2) is 22.8 Å². The Bertz CT molecular complexity index is 1450. The van der Waals surface area contributed by atoms with Gasteiger partial charge in [0.1, 0.15) is 17.5 Å². The van der Waals surface area contributed by atoms with Crippen LogP contribution < -0.4 is 10.1 Å². The van der Waals surface area contributed by atoms with Crippen molar-refractivity contribution in [3.05, 3.63) is 101 Å². The normalized spacial score (nSPS) is 20.4. The zero-order valence-electron chi connectivity index (χ0n) is 21.9. The Hall–Kier alpha value is -4.22. The standard InChI is InChI=1S/C29H26F6N2O4/c1-27(32)15-23(25(38)39)37(16-27)26(40)36-28(14-17-6-4-3-5-7-17,18-8-9-22(31)24(13-18)41-2)19-10-20(29(33,34)35)12-21(30)11-19/h3-13,23H,14-16H2,1-2H3,(H,36,40)(H,38,39)/t23-,27+,28+/m0/s1. The minimum absolute atomic E-state index is 0.000703. The van der Waals surface area contributed by atoms with Crippen LogP contribution in [0.2, 0.25) is 0 Å².